The van der Waals surface area contributed by atoms with Crippen LogP contribution in [0.5, 0.6) is 0 Å². The van der Waals surface area contributed by atoms with E-state index in [1.807, 2.05) is 0 Å². The number of carbonyl (C=O) groups excluding carboxylic acids is 4. The minimum Gasteiger partial charge on any atom is -0.462 e. The molecule has 0 aliphatic carbocycles. The van der Waals surface area contributed by atoms with E-state index < -0.39 is 97.5 Å². The first-order valence-corrected chi connectivity index (χ1v) is 39.8. The Hall–Kier alpha value is -4.54. The largest absolute Gasteiger partial charge is 0.472 e. The third-order valence-corrected chi connectivity index (χ3v) is 16.8. The SMILES string of the molecule is CC/C=C\C/C=C\C/C=C\C/C=C\CCCCC(=O)OCC(COP(=O)(O)OCC(O)COP(=O)(O)OCC(COC(=O)CCCCCCC/C=C\CCCCCC)OC(=O)CCCCCCC/C=C\CCCCCC)OC(=O)CCCC/C=C\C/C=C\C/C=C\C/C=C\CC. The average Bonchev–Trinajstić information content (AvgIpc) is 1.36. The molecule has 0 spiro atoms. The summed E-state index contributed by atoms with van der Waals surface area (Å²) in [7, 11) is -9.98. The van der Waals surface area contributed by atoms with Gasteiger partial charge in [-0.25, -0.2) is 9.13 Å². The van der Waals surface area contributed by atoms with E-state index in [-0.39, 0.29) is 25.7 Å². The van der Waals surface area contributed by atoms with Gasteiger partial charge in [-0.05, 0) is 154 Å². The molecule has 0 aromatic rings. The van der Waals surface area contributed by atoms with Crippen molar-refractivity contribution in [2.45, 2.75) is 303 Å². The number of ether oxygens (including phenoxy) is 4. The van der Waals surface area contributed by atoms with E-state index in [1.54, 1.807) is 0 Å². The predicted octanol–water partition coefficient (Wildman–Crippen LogP) is 20.8. The Labute approximate surface area is 581 Å². The zero-order valence-corrected chi connectivity index (χ0v) is 61.5. The van der Waals surface area contributed by atoms with Gasteiger partial charge in [0.1, 0.15) is 19.3 Å². The average molecular weight is 1390 g/mol. The number of hydrogen-bond acceptors (Lipinski definition) is 15. The molecule has 550 valence electrons. The molecule has 0 amide bonds. The quantitative estimate of drug-likeness (QED) is 0.0169. The molecule has 0 aromatic heterocycles. The van der Waals surface area contributed by atoms with Crippen LogP contribution in [0.15, 0.2) is 122 Å². The van der Waals surface area contributed by atoms with Crippen molar-refractivity contribution in [2.75, 3.05) is 39.6 Å². The molecule has 5 unspecified atom stereocenters. The van der Waals surface area contributed by atoms with Crippen LogP contribution in [-0.2, 0) is 65.4 Å². The van der Waals surface area contributed by atoms with Crippen LogP contribution in [0.2, 0.25) is 0 Å². The van der Waals surface area contributed by atoms with Crippen molar-refractivity contribution in [1.82, 2.24) is 0 Å². The lowest BCUT2D eigenvalue weighted by Gasteiger charge is -2.21. The van der Waals surface area contributed by atoms with E-state index in [1.165, 1.54) is 51.4 Å². The Morgan fingerprint density at radius 1 is 0.302 bits per heavy atom. The summed E-state index contributed by atoms with van der Waals surface area (Å²) in [5, 5.41) is 10.6. The monoisotopic (exact) mass is 1390 g/mol. The topological polar surface area (TPSA) is 237 Å². The Balaban J connectivity index is 5.43. The molecular formula is C77H130O17P2. The van der Waals surface area contributed by atoms with Crippen molar-refractivity contribution in [3.05, 3.63) is 122 Å². The Kier molecular flexibility index (Phi) is 65.7. The minimum absolute atomic E-state index is 0.0305. The van der Waals surface area contributed by atoms with Gasteiger partial charge in [-0.1, -0.05) is 226 Å². The Morgan fingerprint density at radius 3 is 0.865 bits per heavy atom. The summed E-state index contributed by atoms with van der Waals surface area (Å²) in [5.74, 6) is -2.29. The number of unbranched alkanes of at least 4 members (excludes halogenated alkanes) is 22. The number of aliphatic hydroxyl groups is 1. The molecule has 19 heteroatoms. The van der Waals surface area contributed by atoms with E-state index in [0.29, 0.717) is 32.1 Å². The highest BCUT2D eigenvalue weighted by Gasteiger charge is 2.30. The molecule has 17 nitrogen and oxygen atoms in total. The van der Waals surface area contributed by atoms with Crippen LogP contribution in [0.4, 0.5) is 0 Å². The van der Waals surface area contributed by atoms with Crippen molar-refractivity contribution in [3.63, 3.8) is 0 Å². The second kappa shape index (κ2) is 69.0. The molecule has 0 aliphatic heterocycles. The lowest BCUT2D eigenvalue weighted by Crippen LogP contribution is -2.30. The van der Waals surface area contributed by atoms with Crippen LogP contribution >= 0.6 is 15.6 Å². The summed E-state index contributed by atoms with van der Waals surface area (Å²) in [5.41, 5.74) is 0. The number of phosphoric ester groups is 2. The molecule has 0 fully saturated rings. The van der Waals surface area contributed by atoms with E-state index in [0.717, 1.165) is 148 Å². The summed E-state index contributed by atoms with van der Waals surface area (Å²) in [6, 6.07) is 0. The van der Waals surface area contributed by atoms with E-state index >= 15 is 0 Å². The van der Waals surface area contributed by atoms with Crippen LogP contribution in [0.3, 0.4) is 0 Å². The molecule has 96 heavy (non-hydrogen) atoms. The lowest BCUT2D eigenvalue weighted by molar-refractivity contribution is -0.161. The van der Waals surface area contributed by atoms with Crippen molar-refractivity contribution in [2.24, 2.45) is 0 Å². The number of aliphatic hydroxyl groups excluding tert-OH is 1. The summed E-state index contributed by atoms with van der Waals surface area (Å²) in [6.45, 7) is 4.48. The molecule has 0 heterocycles. The summed E-state index contributed by atoms with van der Waals surface area (Å²) in [6.07, 6.45) is 73.5. The van der Waals surface area contributed by atoms with Gasteiger partial charge in [-0.3, -0.25) is 37.3 Å². The Bertz CT molecular complexity index is 2300. The predicted molar refractivity (Wildman–Crippen MR) is 390 cm³/mol. The zero-order valence-electron chi connectivity index (χ0n) is 59.8. The maximum Gasteiger partial charge on any atom is 0.472 e. The summed E-state index contributed by atoms with van der Waals surface area (Å²) in [4.78, 5) is 72.7. The molecule has 0 rings (SSSR count). The fourth-order valence-corrected chi connectivity index (χ4v) is 10.9. The first kappa shape index (κ1) is 91.5. The van der Waals surface area contributed by atoms with E-state index in [4.69, 9.17) is 37.0 Å². The fourth-order valence-electron chi connectivity index (χ4n) is 9.31. The van der Waals surface area contributed by atoms with Gasteiger partial charge in [0.25, 0.3) is 0 Å². The van der Waals surface area contributed by atoms with Gasteiger partial charge in [0.15, 0.2) is 12.2 Å². The molecule has 0 aromatic carbocycles. The van der Waals surface area contributed by atoms with Gasteiger partial charge in [-0.2, -0.15) is 0 Å². The number of phosphoric acid groups is 2. The third kappa shape index (κ3) is 68.0. The normalized spacial score (nSPS) is 14.7. The van der Waals surface area contributed by atoms with Gasteiger partial charge >= 0.3 is 39.5 Å². The van der Waals surface area contributed by atoms with E-state index in [2.05, 4.69) is 149 Å². The number of esters is 4. The number of allylic oxidation sites excluding steroid dienone is 20. The van der Waals surface area contributed by atoms with Crippen molar-refractivity contribution < 1.29 is 80.2 Å². The number of hydrogen-bond donors (Lipinski definition) is 3. The molecule has 5 atom stereocenters. The minimum atomic E-state index is -4.99. The highest BCUT2D eigenvalue weighted by molar-refractivity contribution is 7.47. The smallest absolute Gasteiger partial charge is 0.462 e. The van der Waals surface area contributed by atoms with Crippen LogP contribution in [0, 0.1) is 0 Å². The molecule has 0 saturated carbocycles. The van der Waals surface area contributed by atoms with Gasteiger partial charge in [0.05, 0.1) is 26.4 Å². The Morgan fingerprint density at radius 2 is 0.542 bits per heavy atom. The standard InChI is InChI=1S/C77H130O17P2/c1-5-9-13-17-21-25-29-33-35-39-42-46-50-54-58-62-75(80)88-68-73(94-77(82)64-60-56-52-48-44-40-36-34-30-26-22-18-14-10-6-2)70-92-96(85,86)90-66-71(78)65-89-95(83,84)91-69-72(93-76(81)63-59-55-51-47-43-38-32-28-24-20-16-12-8-4)67-87-74(79)61-57-53-49-45-41-37-31-27-23-19-15-11-7-3/h9-10,13-14,21-22,25-28,31-36,42,44,46,48,71-73,78H,5-8,11-12,15-20,23-24,29-30,37-41,43,45,47,49-70H2,1-4H3,(H,83,84)(H,85,86)/b13-9-,14-10-,25-21-,26-22-,31-27-,32-28-,35-33-,36-34-,46-42-,48-44-. The van der Waals surface area contributed by atoms with Crippen molar-refractivity contribution >= 4 is 39.5 Å². The number of rotatable bonds is 68. The van der Waals surface area contributed by atoms with Crippen LogP contribution < -0.4 is 0 Å². The summed E-state index contributed by atoms with van der Waals surface area (Å²) < 4.78 is 68.3. The third-order valence-electron chi connectivity index (χ3n) is 14.9. The summed E-state index contributed by atoms with van der Waals surface area (Å²) >= 11 is 0. The molecular weight excluding hydrogens is 1260 g/mol. The maximum absolute atomic E-state index is 13.0. The second-order valence-corrected chi connectivity index (χ2v) is 27.0. The highest BCUT2D eigenvalue weighted by atomic mass is 31.2. The molecule has 0 radical (unpaired) electrons. The molecule has 3 N–H and O–H groups in total. The van der Waals surface area contributed by atoms with Gasteiger partial charge in [-0.15, -0.1) is 0 Å². The van der Waals surface area contributed by atoms with Crippen LogP contribution in [0.1, 0.15) is 285 Å². The maximum atomic E-state index is 13.0. The second-order valence-electron chi connectivity index (χ2n) is 24.1. The van der Waals surface area contributed by atoms with Crippen molar-refractivity contribution in [1.29, 1.82) is 0 Å². The van der Waals surface area contributed by atoms with Gasteiger partial charge < -0.3 is 33.8 Å². The first-order valence-electron chi connectivity index (χ1n) is 36.8. The molecule has 0 saturated heterocycles. The molecule has 0 bridgehead atoms. The van der Waals surface area contributed by atoms with Crippen LogP contribution in [-0.4, -0.2) is 96.7 Å². The molecule has 0 aliphatic rings. The lowest BCUT2D eigenvalue weighted by atomic mass is 10.1. The highest BCUT2D eigenvalue weighted by Crippen LogP contribution is 2.45. The first-order chi connectivity index (χ1) is 46.7. The van der Waals surface area contributed by atoms with E-state index in [9.17, 15) is 43.2 Å². The zero-order chi connectivity index (χ0) is 70.4. The van der Waals surface area contributed by atoms with Gasteiger partial charge in [0, 0.05) is 25.7 Å². The van der Waals surface area contributed by atoms with Crippen molar-refractivity contribution in [3.8, 4) is 0 Å². The van der Waals surface area contributed by atoms with Gasteiger partial charge in [0.2, 0.25) is 0 Å². The number of carbonyl (C=O) groups is 4. The fraction of sp³-hybridized carbons (Fsp3) is 0.688. The van der Waals surface area contributed by atoms with Crippen LogP contribution in [0.25, 0.3) is 0 Å².